The zero-order valence-corrected chi connectivity index (χ0v) is 13.8. The van der Waals surface area contributed by atoms with E-state index in [4.69, 9.17) is 4.74 Å². The fourth-order valence-corrected chi connectivity index (χ4v) is 2.90. The van der Waals surface area contributed by atoms with Gasteiger partial charge < -0.3 is 10.1 Å². The SMILES string of the molecule is Fc1ccc(Nc2cc(C3CCC3)[nH]n2)cc1OCc1ccccc1. The second-order valence-electron chi connectivity index (χ2n) is 6.38. The zero-order valence-electron chi connectivity index (χ0n) is 13.8. The first-order valence-corrected chi connectivity index (χ1v) is 8.56. The largest absolute Gasteiger partial charge is 0.486 e. The summed E-state index contributed by atoms with van der Waals surface area (Å²) in [5, 5.41) is 10.6. The Balaban J connectivity index is 1.44. The molecule has 1 aliphatic rings. The molecule has 0 unspecified atom stereocenters. The lowest BCUT2D eigenvalue weighted by molar-refractivity contribution is 0.290. The van der Waals surface area contributed by atoms with Crippen molar-refractivity contribution in [3.05, 3.63) is 71.7 Å². The summed E-state index contributed by atoms with van der Waals surface area (Å²) in [4.78, 5) is 0. The Morgan fingerprint density at radius 1 is 1.12 bits per heavy atom. The lowest BCUT2D eigenvalue weighted by atomic mass is 9.83. The third kappa shape index (κ3) is 3.65. The van der Waals surface area contributed by atoms with Crippen molar-refractivity contribution in [2.45, 2.75) is 31.8 Å². The van der Waals surface area contributed by atoms with Crippen molar-refractivity contribution in [2.75, 3.05) is 5.32 Å². The van der Waals surface area contributed by atoms with Gasteiger partial charge in [-0.25, -0.2) is 4.39 Å². The van der Waals surface area contributed by atoms with E-state index in [0.29, 0.717) is 12.5 Å². The van der Waals surface area contributed by atoms with Gasteiger partial charge in [0.05, 0.1) is 0 Å². The average molecular weight is 337 g/mol. The van der Waals surface area contributed by atoms with Gasteiger partial charge >= 0.3 is 0 Å². The zero-order chi connectivity index (χ0) is 17.1. The van der Waals surface area contributed by atoms with Crippen molar-refractivity contribution in [2.24, 2.45) is 0 Å². The van der Waals surface area contributed by atoms with Gasteiger partial charge in [-0.05, 0) is 30.5 Å². The molecule has 4 nitrogen and oxygen atoms in total. The van der Waals surface area contributed by atoms with Gasteiger partial charge in [0.25, 0.3) is 0 Å². The summed E-state index contributed by atoms with van der Waals surface area (Å²) in [5.74, 6) is 1.19. The normalized spacial score (nSPS) is 14.1. The minimum atomic E-state index is -0.376. The summed E-state index contributed by atoms with van der Waals surface area (Å²) in [6, 6.07) is 16.5. The lowest BCUT2D eigenvalue weighted by Crippen LogP contribution is -2.08. The Morgan fingerprint density at radius 3 is 2.72 bits per heavy atom. The number of anilines is 2. The molecule has 128 valence electrons. The molecule has 1 aromatic heterocycles. The molecule has 0 aliphatic heterocycles. The summed E-state index contributed by atoms with van der Waals surface area (Å²) in [6.45, 7) is 0.329. The molecule has 0 amide bonds. The topological polar surface area (TPSA) is 49.9 Å². The van der Waals surface area contributed by atoms with Crippen LogP contribution >= 0.6 is 0 Å². The van der Waals surface area contributed by atoms with E-state index in [2.05, 4.69) is 15.5 Å². The molecule has 3 aromatic rings. The minimum absolute atomic E-state index is 0.226. The molecule has 2 aromatic carbocycles. The maximum Gasteiger partial charge on any atom is 0.165 e. The fourth-order valence-electron chi connectivity index (χ4n) is 2.90. The number of aromatic amines is 1. The number of H-pyrrole nitrogens is 1. The number of ether oxygens (including phenoxy) is 1. The third-order valence-corrected chi connectivity index (χ3v) is 4.58. The molecule has 0 radical (unpaired) electrons. The summed E-state index contributed by atoms with van der Waals surface area (Å²) < 4.78 is 19.6. The van der Waals surface area contributed by atoms with Crippen molar-refractivity contribution >= 4 is 11.5 Å². The average Bonchev–Trinajstić information content (AvgIpc) is 3.02. The van der Waals surface area contributed by atoms with E-state index < -0.39 is 0 Å². The quantitative estimate of drug-likeness (QED) is 0.655. The maximum atomic E-state index is 14.0. The van der Waals surface area contributed by atoms with E-state index in [1.807, 2.05) is 36.4 Å². The number of rotatable bonds is 6. The molecule has 0 saturated heterocycles. The van der Waals surface area contributed by atoms with Gasteiger partial charge in [-0.1, -0.05) is 36.8 Å². The molecule has 0 spiro atoms. The highest BCUT2D eigenvalue weighted by Gasteiger charge is 2.21. The smallest absolute Gasteiger partial charge is 0.165 e. The van der Waals surface area contributed by atoms with Gasteiger partial charge in [0, 0.05) is 29.4 Å². The molecule has 0 bridgehead atoms. The molecular weight excluding hydrogens is 317 g/mol. The Morgan fingerprint density at radius 2 is 1.96 bits per heavy atom. The van der Waals surface area contributed by atoms with Crippen molar-refractivity contribution in [3.63, 3.8) is 0 Å². The van der Waals surface area contributed by atoms with Crippen molar-refractivity contribution in [1.29, 1.82) is 0 Å². The van der Waals surface area contributed by atoms with E-state index in [0.717, 1.165) is 22.8 Å². The van der Waals surface area contributed by atoms with E-state index in [1.54, 1.807) is 12.1 Å². The highest BCUT2D eigenvalue weighted by Crippen LogP contribution is 2.36. The first-order valence-electron chi connectivity index (χ1n) is 8.56. The molecule has 4 rings (SSSR count). The van der Waals surface area contributed by atoms with E-state index >= 15 is 0 Å². The standard InChI is InChI=1S/C20H20FN3O/c21-17-10-9-16(11-19(17)25-13-14-5-2-1-3-6-14)22-20-12-18(23-24-20)15-7-4-8-15/h1-3,5-6,9-12,15H,4,7-8,13H2,(H2,22,23,24). The van der Waals surface area contributed by atoms with Gasteiger partial charge in [0.15, 0.2) is 17.4 Å². The first-order chi connectivity index (χ1) is 12.3. The molecule has 0 atom stereocenters. The minimum Gasteiger partial charge on any atom is -0.486 e. The molecule has 1 saturated carbocycles. The molecule has 25 heavy (non-hydrogen) atoms. The van der Waals surface area contributed by atoms with Gasteiger partial charge in [-0.2, -0.15) is 5.10 Å². The second-order valence-corrected chi connectivity index (χ2v) is 6.38. The van der Waals surface area contributed by atoms with Gasteiger partial charge in [0.2, 0.25) is 0 Å². The van der Waals surface area contributed by atoms with Gasteiger partial charge in [-0.15, -0.1) is 0 Å². The molecule has 1 fully saturated rings. The predicted molar refractivity (Wildman–Crippen MR) is 95.6 cm³/mol. The van der Waals surface area contributed by atoms with Gasteiger partial charge in [-0.3, -0.25) is 5.10 Å². The van der Waals surface area contributed by atoms with Crippen LogP contribution in [0, 0.1) is 5.82 Å². The Bertz CT molecular complexity index is 843. The predicted octanol–water partition coefficient (Wildman–Crippen LogP) is 5.14. The molecule has 1 aliphatic carbocycles. The number of halogens is 1. The van der Waals surface area contributed by atoms with Crippen LogP contribution in [0.25, 0.3) is 0 Å². The number of nitrogens with zero attached hydrogens (tertiary/aromatic N) is 1. The number of aromatic nitrogens is 2. The van der Waals surface area contributed by atoms with Crippen LogP contribution in [0.4, 0.5) is 15.9 Å². The summed E-state index contributed by atoms with van der Waals surface area (Å²) >= 11 is 0. The highest BCUT2D eigenvalue weighted by molar-refractivity contribution is 5.58. The number of hydrogen-bond donors (Lipinski definition) is 2. The Kier molecular flexibility index (Phi) is 4.37. The van der Waals surface area contributed by atoms with Gasteiger partial charge in [0.1, 0.15) is 6.61 Å². The van der Waals surface area contributed by atoms with Crippen molar-refractivity contribution < 1.29 is 9.13 Å². The fraction of sp³-hybridized carbons (Fsp3) is 0.250. The van der Waals surface area contributed by atoms with Crippen LogP contribution in [-0.4, -0.2) is 10.2 Å². The molecule has 1 heterocycles. The monoisotopic (exact) mass is 337 g/mol. The molecule has 2 N–H and O–H groups in total. The van der Waals surface area contributed by atoms with E-state index in [-0.39, 0.29) is 11.6 Å². The molecule has 5 heteroatoms. The number of hydrogen-bond acceptors (Lipinski definition) is 3. The highest BCUT2D eigenvalue weighted by atomic mass is 19.1. The Labute approximate surface area is 146 Å². The van der Waals surface area contributed by atoms with Crippen LogP contribution in [0.2, 0.25) is 0 Å². The number of nitrogens with one attached hydrogen (secondary N) is 2. The van der Waals surface area contributed by atoms with Crippen LogP contribution in [0.15, 0.2) is 54.6 Å². The van der Waals surface area contributed by atoms with Crippen LogP contribution < -0.4 is 10.1 Å². The van der Waals surface area contributed by atoms with Crippen LogP contribution in [0.5, 0.6) is 5.75 Å². The van der Waals surface area contributed by atoms with Crippen LogP contribution in [-0.2, 0) is 6.61 Å². The van der Waals surface area contributed by atoms with Crippen molar-refractivity contribution in [1.82, 2.24) is 10.2 Å². The molecular formula is C20H20FN3O. The van der Waals surface area contributed by atoms with E-state index in [9.17, 15) is 4.39 Å². The summed E-state index contributed by atoms with van der Waals surface area (Å²) in [6.07, 6.45) is 3.72. The second kappa shape index (κ2) is 6.97. The van der Waals surface area contributed by atoms with Crippen molar-refractivity contribution in [3.8, 4) is 5.75 Å². The Hall–Kier alpha value is -2.82. The summed E-state index contributed by atoms with van der Waals surface area (Å²) in [5.41, 5.74) is 2.91. The third-order valence-electron chi connectivity index (χ3n) is 4.58. The van der Waals surface area contributed by atoms with Crippen LogP contribution in [0.1, 0.15) is 36.4 Å². The first kappa shape index (κ1) is 15.7. The summed E-state index contributed by atoms with van der Waals surface area (Å²) in [7, 11) is 0. The van der Waals surface area contributed by atoms with E-state index in [1.165, 1.54) is 25.3 Å². The lowest BCUT2D eigenvalue weighted by Gasteiger charge is -2.23. The van der Waals surface area contributed by atoms with Crippen LogP contribution in [0.3, 0.4) is 0 Å². The number of benzene rings is 2. The maximum absolute atomic E-state index is 14.0.